The molecule has 0 bridgehead atoms. The number of rotatable bonds is 2. The van der Waals surface area contributed by atoms with Crippen LogP contribution in [0.3, 0.4) is 0 Å². The van der Waals surface area contributed by atoms with E-state index in [1.54, 1.807) is 6.20 Å². The van der Waals surface area contributed by atoms with E-state index < -0.39 is 0 Å². The Morgan fingerprint density at radius 2 is 2.42 bits per heavy atom. The van der Waals surface area contributed by atoms with Crippen LogP contribution in [0.25, 0.3) is 11.1 Å². The zero-order valence-corrected chi connectivity index (χ0v) is 11.6. The van der Waals surface area contributed by atoms with Gasteiger partial charge in [-0.3, -0.25) is 4.98 Å². The molecule has 1 aliphatic heterocycles. The summed E-state index contributed by atoms with van der Waals surface area (Å²) in [6.07, 6.45) is 3.82. The van der Waals surface area contributed by atoms with Crippen LogP contribution in [-0.2, 0) is 4.74 Å². The van der Waals surface area contributed by atoms with Gasteiger partial charge in [-0.2, -0.15) is 4.37 Å². The molecule has 0 aromatic carbocycles. The first-order chi connectivity index (χ1) is 9.25. The van der Waals surface area contributed by atoms with Gasteiger partial charge in [0.1, 0.15) is 10.8 Å². The predicted octanol–water partition coefficient (Wildman–Crippen LogP) is 2.01. The molecule has 0 spiro atoms. The Morgan fingerprint density at radius 3 is 3.16 bits per heavy atom. The van der Waals surface area contributed by atoms with E-state index in [-0.39, 0.29) is 6.10 Å². The lowest BCUT2D eigenvalue weighted by molar-refractivity contribution is 0.0535. The SMILES string of the molecule is CC1CN(c2snc(N)c2-c2cccnc2)CCO1. The summed E-state index contributed by atoms with van der Waals surface area (Å²) in [6, 6.07) is 3.93. The number of nitrogens with zero attached hydrogens (tertiary/aromatic N) is 3. The number of hydrogen-bond acceptors (Lipinski definition) is 6. The summed E-state index contributed by atoms with van der Waals surface area (Å²) in [6.45, 7) is 4.57. The Balaban J connectivity index is 1.99. The second-order valence-electron chi connectivity index (χ2n) is 4.62. The fourth-order valence-electron chi connectivity index (χ4n) is 2.29. The van der Waals surface area contributed by atoms with E-state index in [0.29, 0.717) is 5.82 Å². The molecule has 3 rings (SSSR count). The van der Waals surface area contributed by atoms with Crippen LogP contribution in [-0.4, -0.2) is 35.2 Å². The van der Waals surface area contributed by atoms with Crippen LogP contribution in [0.2, 0.25) is 0 Å². The Labute approximate surface area is 116 Å². The minimum Gasteiger partial charge on any atom is -0.382 e. The van der Waals surface area contributed by atoms with E-state index in [1.165, 1.54) is 11.5 Å². The van der Waals surface area contributed by atoms with Crippen molar-refractivity contribution in [3.63, 3.8) is 0 Å². The van der Waals surface area contributed by atoms with Crippen molar-refractivity contribution in [2.75, 3.05) is 30.3 Å². The van der Waals surface area contributed by atoms with Crippen LogP contribution in [0.15, 0.2) is 24.5 Å². The molecule has 1 fully saturated rings. The maximum absolute atomic E-state index is 6.03. The number of morpholine rings is 1. The van der Waals surface area contributed by atoms with Crippen LogP contribution < -0.4 is 10.6 Å². The highest BCUT2D eigenvalue weighted by atomic mass is 32.1. The highest BCUT2D eigenvalue weighted by molar-refractivity contribution is 7.11. The third-order valence-electron chi connectivity index (χ3n) is 3.18. The normalized spacial score (nSPS) is 19.6. The first-order valence-electron chi connectivity index (χ1n) is 6.28. The number of hydrogen-bond donors (Lipinski definition) is 1. The Morgan fingerprint density at radius 1 is 1.53 bits per heavy atom. The molecule has 100 valence electrons. The number of nitrogen functional groups attached to an aromatic ring is 1. The van der Waals surface area contributed by atoms with E-state index in [2.05, 4.69) is 21.2 Å². The van der Waals surface area contributed by atoms with Gasteiger partial charge in [-0.05, 0) is 24.5 Å². The van der Waals surface area contributed by atoms with Crippen LogP contribution in [0.1, 0.15) is 6.92 Å². The van der Waals surface area contributed by atoms with E-state index in [9.17, 15) is 0 Å². The van der Waals surface area contributed by atoms with Gasteiger partial charge in [-0.25, -0.2) is 0 Å². The topological polar surface area (TPSA) is 64.3 Å². The fraction of sp³-hybridized carbons (Fsp3) is 0.385. The second kappa shape index (κ2) is 5.14. The maximum Gasteiger partial charge on any atom is 0.147 e. The molecule has 2 aromatic heterocycles. The summed E-state index contributed by atoms with van der Waals surface area (Å²) < 4.78 is 9.88. The summed E-state index contributed by atoms with van der Waals surface area (Å²) in [5.74, 6) is 0.576. The lowest BCUT2D eigenvalue weighted by Crippen LogP contribution is -2.40. The molecule has 1 saturated heterocycles. The Hall–Kier alpha value is -1.66. The minimum atomic E-state index is 0.235. The van der Waals surface area contributed by atoms with Crippen molar-refractivity contribution in [2.45, 2.75) is 13.0 Å². The van der Waals surface area contributed by atoms with E-state index in [0.717, 1.165) is 35.8 Å². The molecular formula is C13H16N4OS. The molecule has 2 aromatic rings. The molecular weight excluding hydrogens is 260 g/mol. The van der Waals surface area contributed by atoms with Crippen LogP contribution in [0, 0.1) is 0 Å². The van der Waals surface area contributed by atoms with Gasteiger partial charge in [0, 0.05) is 31.0 Å². The summed E-state index contributed by atoms with van der Waals surface area (Å²) in [5, 5.41) is 1.11. The van der Waals surface area contributed by atoms with Gasteiger partial charge < -0.3 is 15.4 Å². The van der Waals surface area contributed by atoms with Gasteiger partial charge in [-0.15, -0.1) is 0 Å². The van der Waals surface area contributed by atoms with Crippen molar-refractivity contribution in [3.05, 3.63) is 24.5 Å². The van der Waals surface area contributed by atoms with Crippen molar-refractivity contribution in [3.8, 4) is 11.1 Å². The molecule has 6 heteroatoms. The monoisotopic (exact) mass is 276 g/mol. The summed E-state index contributed by atoms with van der Waals surface area (Å²) in [7, 11) is 0. The minimum absolute atomic E-state index is 0.235. The third-order valence-corrected chi connectivity index (χ3v) is 4.10. The van der Waals surface area contributed by atoms with Gasteiger partial charge in [0.05, 0.1) is 18.3 Å². The van der Waals surface area contributed by atoms with E-state index in [4.69, 9.17) is 10.5 Å². The van der Waals surface area contributed by atoms with Crippen molar-refractivity contribution in [1.29, 1.82) is 0 Å². The van der Waals surface area contributed by atoms with Crippen molar-refractivity contribution < 1.29 is 4.74 Å². The molecule has 5 nitrogen and oxygen atoms in total. The average Bonchev–Trinajstić information content (AvgIpc) is 2.82. The lowest BCUT2D eigenvalue weighted by Gasteiger charge is -2.32. The summed E-state index contributed by atoms with van der Waals surface area (Å²) in [4.78, 5) is 6.46. The van der Waals surface area contributed by atoms with Crippen molar-refractivity contribution in [1.82, 2.24) is 9.36 Å². The summed E-state index contributed by atoms with van der Waals surface area (Å²) >= 11 is 1.45. The molecule has 0 amide bonds. The highest BCUT2D eigenvalue weighted by Crippen LogP contribution is 2.39. The standard InChI is InChI=1S/C13H16N4OS/c1-9-8-17(5-6-18-9)13-11(12(14)16-19-13)10-3-2-4-15-7-10/h2-4,7,9H,5-6,8H2,1H3,(H2,14,16). The average molecular weight is 276 g/mol. The van der Waals surface area contributed by atoms with Gasteiger partial charge in [0.15, 0.2) is 0 Å². The Kier molecular flexibility index (Phi) is 3.35. The number of anilines is 2. The molecule has 3 heterocycles. The second-order valence-corrected chi connectivity index (χ2v) is 5.37. The first-order valence-corrected chi connectivity index (χ1v) is 7.05. The molecule has 1 unspecified atom stereocenters. The van der Waals surface area contributed by atoms with Crippen LogP contribution >= 0.6 is 11.5 Å². The number of ether oxygens (including phenoxy) is 1. The Bertz CT molecular complexity index is 557. The van der Waals surface area contributed by atoms with Crippen LogP contribution in [0.4, 0.5) is 10.8 Å². The van der Waals surface area contributed by atoms with Gasteiger partial charge in [0.2, 0.25) is 0 Å². The fourth-order valence-corrected chi connectivity index (χ4v) is 3.17. The molecule has 0 aliphatic carbocycles. The molecule has 1 atom stereocenters. The largest absolute Gasteiger partial charge is 0.382 e. The summed E-state index contributed by atoms with van der Waals surface area (Å²) in [5.41, 5.74) is 8.04. The zero-order valence-electron chi connectivity index (χ0n) is 10.7. The van der Waals surface area contributed by atoms with E-state index in [1.807, 2.05) is 18.3 Å². The third kappa shape index (κ3) is 2.41. The van der Waals surface area contributed by atoms with E-state index >= 15 is 0 Å². The maximum atomic E-state index is 6.03. The molecule has 0 saturated carbocycles. The molecule has 0 radical (unpaired) electrons. The number of pyridine rings is 1. The smallest absolute Gasteiger partial charge is 0.147 e. The lowest BCUT2D eigenvalue weighted by atomic mass is 10.1. The highest BCUT2D eigenvalue weighted by Gasteiger charge is 2.23. The van der Waals surface area contributed by atoms with Crippen molar-refractivity contribution >= 4 is 22.4 Å². The number of nitrogens with two attached hydrogens (primary N) is 1. The zero-order chi connectivity index (χ0) is 13.2. The molecule has 19 heavy (non-hydrogen) atoms. The first kappa shape index (κ1) is 12.4. The van der Waals surface area contributed by atoms with Crippen molar-refractivity contribution in [2.24, 2.45) is 0 Å². The quantitative estimate of drug-likeness (QED) is 0.909. The van der Waals surface area contributed by atoms with Gasteiger partial charge in [0.25, 0.3) is 0 Å². The number of aromatic nitrogens is 2. The predicted molar refractivity (Wildman–Crippen MR) is 77.4 cm³/mol. The molecule has 2 N–H and O–H groups in total. The molecule has 1 aliphatic rings. The van der Waals surface area contributed by atoms with Gasteiger partial charge >= 0.3 is 0 Å². The van der Waals surface area contributed by atoms with Gasteiger partial charge in [-0.1, -0.05) is 6.07 Å². The van der Waals surface area contributed by atoms with Crippen LogP contribution in [0.5, 0.6) is 0 Å².